The number of alkyl halides is 2. The summed E-state index contributed by atoms with van der Waals surface area (Å²) in [5.41, 5.74) is 3.58. The number of carbonyl (C=O) groups excluding carboxylic acids is 1. The molecule has 0 radical (unpaired) electrons. The molecular weight excluding hydrogens is 322 g/mol. The Morgan fingerprint density at radius 3 is 2.25 bits per heavy atom. The molecule has 0 saturated heterocycles. The molecule has 1 aromatic rings. The van der Waals surface area contributed by atoms with Gasteiger partial charge in [0.2, 0.25) is 0 Å². The van der Waals surface area contributed by atoms with Crippen molar-refractivity contribution in [2.75, 3.05) is 19.5 Å². The summed E-state index contributed by atoms with van der Waals surface area (Å²) in [5, 5.41) is 2.49. The first-order valence-electron chi connectivity index (χ1n) is 7.37. The van der Waals surface area contributed by atoms with E-state index in [1.807, 2.05) is 0 Å². The Kier molecular flexibility index (Phi) is 4.39. The van der Waals surface area contributed by atoms with Crippen molar-refractivity contribution in [2.45, 2.75) is 44.3 Å². The number of hydrogen-bond donors (Lipinski definition) is 2. The minimum absolute atomic E-state index is 0.147. The maximum absolute atomic E-state index is 13.6. The fourth-order valence-electron chi connectivity index (χ4n) is 2.35. The van der Waals surface area contributed by atoms with Crippen molar-refractivity contribution in [2.24, 2.45) is 5.73 Å². The average molecular weight is 344 g/mol. The average Bonchev–Trinajstić information content (AvgIpc) is 2.95. The third-order valence-electron chi connectivity index (χ3n) is 3.66. The number of nitrogens with two attached hydrogens (primary N) is 1. The van der Waals surface area contributed by atoms with E-state index < -0.39 is 29.6 Å². The molecule has 0 aliphatic heterocycles. The molecule has 1 aromatic carbocycles. The summed E-state index contributed by atoms with van der Waals surface area (Å²) in [6.45, 7) is 5.13. The zero-order valence-electron chi connectivity index (χ0n) is 14.3. The van der Waals surface area contributed by atoms with Gasteiger partial charge in [0.15, 0.2) is 11.5 Å². The lowest BCUT2D eigenvalue weighted by molar-refractivity contribution is 0.0635. The molecule has 3 N–H and O–H groups in total. The van der Waals surface area contributed by atoms with Crippen LogP contribution in [0.25, 0.3) is 0 Å². The van der Waals surface area contributed by atoms with E-state index >= 15 is 0 Å². The number of benzene rings is 1. The first-order valence-corrected chi connectivity index (χ1v) is 7.37. The van der Waals surface area contributed by atoms with Crippen LogP contribution >= 0.6 is 0 Å². The third kappa shape index (κ3) is 3.38. The Morgan fingerprint density at radius 2 is 1.83 bits per heavy atom. The van der Waals surface area contributed by atoms with Gasteiger partial charge in [-0.25, -0.2) is 13.6 Å². The van der Waals surface area contributed by atoms with Crippen molar-refractivity contribution in [3.63, 3.8) is 0 Å². The number of nitrogens with one attached hydrogen (secondary N) is 1. The molecule has 1 fully saturated rings. The lowest BCUT2D eigenvalue weighted by Crippen LogP contribution is -2.29. The zero-order valence-corrected chi connectivity index (χ0v) is 14.3. The van der Waals surface area contributed by atoms with Crippen molar-refractivity contribution >= 4 is 11.8 Å². The fourth-order valence-corrected chi connectivity index (χ4v) is 2.35. The number of hydrogen-bond acceptors (Lipinski definition) is 5. The number of methoxy groups -OCH3 is 2. The van der Waals surface area contributed by atoms with E-state index in [4.69, 9.17) is 19.9 Å². The van der Waals surface area contributed by atoms with Crippen LogP contribution < -0.4 is 20.5 Å². The SMILES string of the molecule is COc1cc(C2(N)CC2(F)F)cc(NC(=O)OC(C)(C)C)c1OC. The van der Waals surface area contributed by atoms with Gasteiger partial charge in [0.1, 0.15) is 11.1 Å². The van der Waals surface area contributed by atoms with Gasteiger partial charge in [-0.3, -0.25) is 5.32 Å². The van der Waals surface area contributed by atoms with Gasteiger partial charge in [-0.15, -0.1) is 0 Å². The molecule has 0 spiro atoms. The van der Waals surface area contributed by atoms with Crippen molar-refractivity contribution < 1.29 is 27.8 Å². The molecule has 6 nitrogen and oxygen atoms in total. The smallest absolute Gasteiger partial charge is 0.412 e. The molecular formula is C16H22F2N2O4. The minimum Gasteiger partial charge on any atom is -0.493 e. The highest BCUT2D eigenvalue weighted by atomic mass is 19.3. The van der Waals surface area contributed by atoms with E-state index in [1.54, 1.807) is 20.8 Å². The highest BCUT2D eigenvalue weighted by molar-refractivity contribution is 5.88. The van der Waals surface area contributed by atoms with Crippen LogP contribution in [0.15, 0.2) is 12.1 Å². The van der Waals surface area contributed by atoms with Gasteiger partial charge in [-0.1, -0.05) is 0 Å². The number of anilines is 1. The summed E-state index contributed by atoms with van der Waals surface area (Å²) >= 11 is 0. The molecule has 0 bridgehead atoms. The van der Waals surface area contributed by atoms with E-state index in [0.29, 0.717) is 0 Å². The molecule has 1 aliphatic carbocycles. The summed E-state index contributed by atoms with van der Waals surface area (Å²) in [6, 6.07) is 2.74. The molecule has 134 valence electrons. The maximum Gasteiger partial charge on any atom is 0.412 e. The van der Waals surface area contributed by atoms with Gasteiger partial charge in [-0.05, 0) is 38.5 Å². The van der Waals surface area contributed by atoms with Crippen LogP contribution in [-0.2, 0) is 10.3 Å². The third-order valence-corrected chi connectivity index (χ3v) is 3.66. The van der Waals surface area contributed by atoms with Crippen molar-refractivity contribution in [1.29, 1.82) is 0 Å². The Hall–Kier alpha value is -2.09. The fraction of sp³-hybridized carbons (Fsp3) is 0.562. The second-order valence-corrected chi connectivity index (χ2v) is 6.74. The lowest BCUT2D eigenvalue weighted by atomic mass is 10.0. The van der Waals surface area contributed by atoms with Gasteiger partial charge in [0, 0.05) is 6.42 Å². The van der Waals surface area contributed by atoms with Crippen molar-refractivity contribution in [3.8, 4) is 11.5 Å². The summed E-state index contributed by atoms with van der Waals surface area (Å²) in [5.74, 6) is -2.62. The first kappa shape index (κ1) is 18.3. The summed E-state index contributed by atoms with van der Waals surface area (Å²) in [7, 11) is 2.74. The highest BCUT2D eigenvalue weighted by Crippen LogP contribution is 2.59. The minimum atomic E-state index is -3.00. The van der Waals surface area contributed by atoms with E-state index in [-0.39, 0.29) is 22.7 Å². The largest absolute Gasteiger partial charge is 0.493 e. The summed E-state index contributed by atoms with van der Waals surface area (Å²) < 4.78 is 42.7. The van der Waals surface area contributed by atoms with Crippen LogP contribution in [-0.4, -0.2) is 31.8 Å². The van der Waals surface area contributed by atoms with Gasteiger partial charge in [-0.2, -0.15) is 0 Å². The van der Waals surface area contributed by atoms with Crippen molar-refractivity contribution in [3.05, 3.63) is 17.7 Å². The monoisotopic (exact) mass is 344 g/mol. The maximum atomic E-state index is 13.6. The van der Waals surface area contributed by atoms with Crippen LogP contribution in [0, 0.1) is 0 Å². The van der Waals surface area contributed by atoms with Crippen LogP contribution in [0.2, 0.25) is 0 Å². The van der Waals surface area contributed by atoms with Crippen LogP contribution in [0.1, 0.15) is 32.8 Å². The molecule has 24 heavy (non-hydrogen) atoms. The standard InChI is InChI=1S/C16H22F2N2O4/c1-14(2,3)24-13(21)20-10-6-9(15(19)8-16(15,17)18)7-11(22-4)12(10)23-5/h6-7H,8,19H2,1-5H3,(H,20,21). The molecule has 1 amide bonds. The molecule has 1 atom stereocenters. The van der Waals surface area contributed by atoms with Crippen LogP contribution in [0.5, 0.6) is 11.5 Å². The second kappa shape index (κ2) is 5.77. The second-order valence-electron chi connectivity index (χ2n) is 6.74. The molecule has 1 unspecified atom stereocenters. The van der Waals surface area contributed by atoms with Crippen LogP contribution in [0.4, 0.5) is 19.3 Å². The topological polar surface area (TPSA) is 82.8 Å². The number of ether oxygens (including phenoxy) is 3. The molecule has 0 aromatic heterocycles. The number of halogens is 2. The Bertz CT molecular complexity index is 658. The quantitative estimate of drug-likeness (QED) is 0.876. The highest BCUT2D eigenvalue weighted by Gasteiger charge is 2.70. The number of carbonyl (C=O) groups is 1. The van der Waals surface area contributed by atoms with Crippen LogP contribution in [0.3, 0.4) is 0 Å². The Morgan fingerprint density at radius 1 is 1.25 bits per heavy atom. The van der Waals surface area contributed by atoms with Crippen molar-refractivity contribution in [1.82, 2.24) is 0 Å². The van der Waals surface area contributed by atoms with E-state index in [2.05, 4.69) is 5.32 Å². The predicted molar refractivity (Wildman–Crippen MR) is 84.8 cm³/mol. The molecule has 2 rings (SSSR count). The molecule has 8 heteroatoms. The molecule has 0 heterocycles. The van der Waals surface area contributed by atoms with Gasteiger partial charge in [0.05, 0.1) is 19.9 Å². The molecule has 1 aliphatic rings. The number of rotatable bonds is 4. The lowest BCUT2D eigenvalue weighted by Gasteiger charge is -2.22. The zero-order chi connectivity index (χ0) is 18.3. The van der Waals surface area contributed by atoms with Gasteiger partial charge >= 0.3 is 6.09 Å². The van der Waals surface area contributed by atoms with Gasteiger partial charge in [0.25, 0.3) is 5.92 Å². The predicted octanol–water partition coefficient (Wildman–Crippen LogP) is 3.24. The Balaban J connectivity index is 2.40. The Labute approximate surface area is 139 Å². The van der Waals surface area contributed by atoms with E-state index in [9.17, 15) is 13.6 Å². The van der Waals surface area contributed by atoms with E-state index in [1.165, 1.54) is 26.4 Å². The first-order chi connectivity index (χ1) is 10.9. The summed E-state index contributed by atoms with van der Waals surface area (Å²) in [6.07, 6.45) is -1.21. The van der Waals surface area contributed by atoms with Gasteiger partial charge < -0.3 is 19.9 Å². The van der Waals surface area contributed by atoms with E-state index in [0.717, 1.165) is 0 Å². The summed E-state index contributed by atoms with van der Waals surface area (Å²) in [4.78, 5) is 12.0. The molecule has 1 saturated carbocycles. The number of amides is 1. The normalized spacial score (nSPS) is 21.8.